The van der Waals surface area contributed by atoms with Crippen LogP contribution in [-0.2, 0) is 9.47 Å². The molecule has 1 unspecified atom stereocenters. The Morgan fingerprint density at radius 1 is 1.32 bits per heavy atom. The number of pyridine rings is 1. The number of ether oxygens (including phenoxy) is 2. The van der Waals surface area contributed by atoms with Gasteiger partial charge in [0.2, 0.25) is 0 Å². The van der Waals surface area contributed by atoms with Crippen LogP contribution in [0.4, 0.5) is 0 Å². The van der Waals surface area contributed by atoms with E-state index in [1.54, 1.807) is 12.3 Å². The van der Waals surface area contributed by atoms with Crippen LogP contribution in [0, 0.1) is 13.8 Å². The van der Waals surface area contributed by atoms with E-state index in [2.05, 4.69) is 42.3 Å². The van der Waals surface area contributed by atoms with Crippen molar-refractivity contribution in [1.29, 1.82) is 0 Å². The van der Waals surface area contributed by atoms with Crippen molar-refractivity contribution in [3.63, 3.8) is 0 Å². The van der Waals surface area contributed by atoms with Gasteiger partial charge in [-0.3, -0.25) is 4.79 Å². The van der Waals surface area contributed by atoms with Gasteiger partial charge in [0.15, 0.2) is 0 Å². The monoisotopic (exact) mass is 400 g/mol. The molecule has 28 heavy (non-hydrogen) atoms. The van der Waals surface area contributed by atoms with Gasteiger partial charge in [0.1, 0.15) is 5.03 Å². The summed E-state index contributed by atoms with van der Waals surface area (Å²) in [5.41, 5.74) is 3.09. The Morgan fingerprint density at radius 3 is 3.00 bits per heavy atom. The van der Waals surface area contributed by atoms with Gasteiger partial charge in [0.25, 0.3) is 5.91 Å². The highest BCUT2D eigenvalue weighted by Gasteiger charge is 2.15. The van der Waals surface area contributed by atoms with E-state index in [0.717, 1.165) is 35.8 Å². The molecule has 0 aliphatic carbocycles. The summed E-state index contributed by atoms with van der Waals surface area (Å²) < 4.78 is 11.2. The molecule has 6 heteroatoms. The highest BCUT2D eigenvalue weighted by atomic mass is 32.2. The smallest absolute Gasteiger partial charge is 0.254 e. The van der Waals surface area contributed by atoms with Gasteiger partial charge in [0, 0.05) is 30.9 Å². The molecule has 1 aromatic carbocycles. The maximum absolute atomic E-state index is 12.6. The maximum Gasteiger partial charge on any atom is 0.254 e. The third kappa shape index (κ3) is 6.06. The van der Waals surface area contributed by atoms with Gasteiger partial charge in [-0.15, -0.1) is 0 Å². The van der Waals surface area contributed by atoms with Crippen molar-refractivity contribution in [2.75, 3.05) is 26.4 Å². The molecule has 150 valence electrons. The standard InChI is InChI=1S/C22H28N2O3S/c1-16-8-9-19(14-17(16)2)28-22-20(7-3-10-24-22)21(25)23-11-5-12-26-15-18-6-4-13-27-18/h3,7-10,14,18H,4-6,11-13,15H2,1-2H3,(H,23,25). The lowest BCUT2D eigenvalue weighted by molar-refractivity contribution is 0.0166. The summed E-state index contributed by atoms with van der Waals surface area (Å²) in [5.74, 6) is -0.0986. The normalized spacial score (nSPS) is 16.3. The average Bonchev–Trinajstić information content (AvgIpc) is 3.21. The zero-order valence-electron chi connectivity index (χ0n) is 16.6. The molecule has 0 bridgehead atoms. The number of carbonyl (C=O) groups is 1. The van der Waals surface area contributed by atoms with Gasteiger partial charge in [-0.1, -0.05) is 17.8 Å². The number of carbonyl (C=O) groups excluding carboxylic acids is 1. The number of aryl methyl sites for hydroxylation is 2. The minimum Gasteiger partial charge on any atom is -0.379 e. The van der Waals surface area contributed by atoms with E-state index in [9.17, 15) is 4.79 Å². The average molecular weight is 401 g/mol. The Balaban J connectivity index is 1.47. The minimum atomic E-state index is -0.0986. The van der Waals surface area contributed by atoms with Gasteiger partial charge in [-0.05, 0) is 68.5 Å². The van der Waals surface area contributed by atoms with Crippen LogP contribution in [0.2, 0.25) is 0 Å². The van der Waals surface area contributed by atoms with E-state index in [-0.39, 0.29) is 12.0 Å². The van der Waals surface area contributed by atoms with E-state index >= 15 is 0 Å². The van der Waals surface area contributed by atoms with Crippen LogP contribution in [0.3, 0.4) is 0 Å². The third-order valence-electron chi connectivity index (χ3n) is 4.79. The number of amides is 1. The van der Waals surface area contributed by atoms with Gasteiger partial charge in [0.05, 0.1) is 18.3 Å². The Kier molecular flexibility index (Phi) is 7.89. The van der Waals surface area contributed by atoms with Crippen molar-refractivity contribution in [1.82, 2.24) is 10.3 Å². The summed E-state index contributed by atoms with van der Waals surface area (Å²) in [6.07, 6.45) is 4.95. The van der Waals surface area contributed by atoms with Crippen LogP contribution in [0.1, 0.15) is 40.7 Å². The Morgan fingerprint density at radius 2 is 2.21 bits per heavy atom. The third-order valence-corrected chi connectivity index (χ3v) is 5.80. The van der Waals surface area contributed by atoms with Crippen LogP contribution < -0.4 is 5.32 Å². The summed E-state index contributed by atoms with van der Waals surface area (Å²) in [6.45, 7) is 6.87. The summed E-state index contributed by atoms with van der Waals surface area (Å²) in [4.78, 5) is 18.1. The molecule has 5 nitrogen and oxygen atoms in total. The molecule has 1 aliphatic heterocycles. The van der Waals surface area contributed by atoms with Crippen LogP contribution >= 0.6 is 11.8 Å². The largest absolute Gasteiger partial charge is 0.379 e. The zero-order chi connectivity index (χ0) is 19.8. The lowest BCUT2D eigenvalue weighted by Crippen LogP contribution is -2.26. The lowest BCUT2D eigenvalue weighted by Gasteiger charge is -2.11. The van der Waals surface area contributed by atoms with Crippen molar-refractivity contribution < 1.29 is 14.3 Å². The van der Waals surface area contributed by atoms with Gasteiger partial charge < -0.3 is 14.8 Å². The first-order valence-corrected chi connectivity index (χ1v) is 10.6. The second-order valence-electron chi connectivity index (χ2n) is 7.02. The fourth-order valence-electron chi connectivity index (χ4n) is 3.00. The van der Waals surface area contributed by atoms with Crippen molar-refractivity contribution in [2.24, 2.45) is 0 Å². The summed E-state index contributed by atoms with van der Waals surface area (Å²) >= 11 is 1.52. The number of aromatic nitrogens is 1. The van der Waals surface area contributed by atoms with Gasteiger partial charge in [-0.2, -0.15) is 0 Å². The second-order valence-corrected chi connectivity index (χ2v) is 8.09. The van der Waals surface area contributed by atoms with Gasteiger partial charge >= 0.3 is 0 Å². The molecule has 2 heterocycles. The first-order valence-electron chi connectivity index (χ1n) is 9.81. The summed E-state index contributed by atoms with van der Waals surface area (Å²) in [7, 11) is 0. The van der Waals surface area contributed by atoms with Crippen molar-refractivity contribution in [2.45, 2.75) is 49.1 Å². The molecule has 0 radical (unpaired) electrons. The van der Waals surface area contributed by atoms with E-state index in [0.29, 0.717) is 25.3 Å². The molecular weight excluding hydrogens is 372 g/mol. The molecule has 1 saturated heterocycles. The molecule has 1 N–H and O–H groups in total. The SMILES string of the molecule is Cc1ccc(Sc2ncccc2C(=O)NCCCOCC2CCCO2)cc1C. The number of nitrogens with one attached hydrogen (secondary N) is 1. The van der Waals surface area contributed by atoms with Crippen LogP contribution in [0.25, 0.3) is 0 Å². The highest BCUT2D eigenvalue weighted by molar-refractivity contribution is 7.99. The van der Waals surface area contributed by atoms with Crippen molar-refractivity contribution >= 4 is 17.7 Å². The fraction of sp³-hybridized carbons (Fsp3) is 0.455. The Bertz CT molecular complexity index is 791. The van der Waals surface area contributed by atoms with Gasteiger partial charge in [-0.25, -0.2) is 4.98 Å². The van der Waals surface area contributed by atoms with E-state index in [1.807, 2.05) is 6.07 Å². The molecule has 1 amide bonds. The number of hydrogen-bond acceptors (Lipinski definition) is 5. The first kappa shape index (κ1) is 20.8. The van der Waals surface area contributed by atoms with E-state index < -0.39 is 0 Å². The zero-order valence-corrected chi connectivity index (χ0v) is 17.4. The van der Waals surface area contributed by atoms with Crippen LogP contribution in [0.5, 0.6) is 0 Å². The summed E-state index contributed by atoms with van der Waals surface area (Å²) in [5, 5.41) is 3.69. The Hall–Kier alpha value is -1.89. The summed E-state index contributed by atoms with van der Waals surface area (Å²) in [6, 6.07) is 9.90. The number of nitrogens with zero attached hydrogens (tertiary/aromatic N) is 1. The topological polar surface area (TPSA) is 60.5 Å². The number of hydrogen-bond donors (Lipinski definition) is 1. The molecule has 2 aromatic rings. The maximum atomic E-state index is 12.6. The number of benzene rings is 1. The Labute approximate surface area is 171 Å². The molecule has 1 aliphatic rings. The fourth-order valence-corrected chi connectivity index (χ4v) is 3.98. The molecule has 0 spiro atoms. The minimum absolute atomic E-state index is 0.0986. The van der Waals surface area contributed by atoms with E-state index in [1.165, 1.54) is 22.9 Å². The van der Waals surface area contributed by atoms with E-state index in [4.69, 9.17) is 9.47 Å². The molecule has 0 saturated carbocycles. The first-order chi connectivity index (χ1) is 13.6. The predicted molar refractivity (Wildman–Crippen MR) is 111 cm³/mol. The molecule has 1 aromatic heterocycles. The predicted octanol–water partition coefficient (Wildman–Crippen LogP) is 4.17. The molecule has 1 fully saturated rings. The number of rotatable bonds is 9. The molecular formula is C22H28N2O3S. The molecule has 3 rings (SSSR count). The van der Waals surface area contributed by atoms with Crippen LogP contribution in [0.15, 0.2) is 46.5 Å². The second kappa shape index (κ2) is 10.6. The lowest BCUT2D eigenvalue weighted by atomic mass is 10.1. The quantitative estimate of drug-likeness (QED) is 0.640. The van der Waals surface area contributed by atoms with Crippen molar-refractivity contribution in [3.8, 4) is 0 Å². The highest BCUT2D eigenvalue weighted by Crippen LogP contribution is 2.29. The molecule has 1 atom stereocenters. The van der Waals surface area contributed by atoms with Crippen molar-refractivity contribution in [3.05, 3.63) is 53.2 Å². The van der Waals surface area contributed by atoms with Crippen LogP contribution in [-0.4, -0.2) is 43.4 Å².